The quantitative estimate of drug-likeness (QED) is 0.576. The summed E-state index contributed by atoms with van der Waals surface area (Å²) in [5, 5.41) is 7.13. The molecule has 0 aliphatic carbocycles. The molecule has 0 saturated carbocycles. The molecule has 0 saturated heterocycles. The van der Waals surface area contributed by atoms with Crippen molar-refractivity contribution in [3.05, 3.63) is 84.3 Å². The van der Waals surface area contributed by atoms with Crippen LogP contribution in [0.2, 0.25) is 0 Å². The van der Waals surface area contributed by atoms with Crippen LogP contribution >= 0.6 is 0 Å². The summed E-state index contributed by atoms with van der Waals surface area (Å²) in [5.74, 6) is -0.342. The van der Waals surface area contributed by atoms with Crippen molar-refractivity contribution in [1.82, 2.24) is 14.6 Å². The molecule has 0 fully saturated rings. The number of carbonyl (C=O) groups excluding carboxylic acids is 1. The lowest BCUT2D eigenvalue weighted by Gasteiger charge is -2.05. The second-order valence-corrected chi connectivity index (χ2v) is 5.87. The molecule has 4 rings (SSSR count). The van der Waals surface area contributed by atoms with Crippen LogP contribution in [0.15, 0.2) is 73.1 Å². The molecule has 0 aliphatic heterocycles. The fourth-order valence-electron chi connectivity index (χ4n) is 2.81. The molecule has 1 aromatic carbocycles. The summed E-state index contributed by atoms with van der Waals surface area (Å²) in [7, 11) is 0. The van der Waals surface area contributed by atoms with E-state index >= 15 is 0 Å². The van der Waals surface area contributed by atoms with Gasteiger partial charge in [0, 0.05) is 17.3 Å². The van der Waals surface area contributed by atoms with E-state index in [0.717, 1.165) is 5.52 Å². The van der Waals surface area contributed by atoms with E-state index in [1.165, 1.54) is 6.07 Å². The number of nitrogens with one attached hydrogen (secondary N) is 1. The molecular formula is C20H14F2N4O. The molecule has 0 radical (unpaired) electrons. The molecule has 3 aromatic heterocycles. The molecule has 0 spiro atoms. The van der Waals surface area contributed by atoms with Crippen molar-refractivity contribution in [2.45, 2.75) is 6.43 Å². The van der Waals surface area contributed by atoms with Gasteiger partial charge in [0.05, 0.1) is 23.1 Å². The van der Waals surface area contributed by atoms with Crippen LogP contribution in [0.5, 0.6) is 0 Å². The van der Waals surface area contributed by atoms with Crippen LogP contribution in [-0.4, -0.2) is 20.5 Å². The Hall–Kier alpha value is -3.61. The molecule has 1 N–H and O–H groups in total. The van der Waals surface area contributed by atoms with Crippen LogP contribution < -0.4 is 5.32 Å². The summed E-state index contributed by atoms with van der Waals surface area (Å²) in [6, 6.07) is 16.6. The van der Waals surface area contributed by atoms with Gasteiger partial charge in [-0.25, -0.2) is 13.3 Å². The summed E-state index contributed by atoms with van der Waals surface area (Å²) in [6.07, 6.45) is 0.586. The van der Waals surface area contributed by atoms with Gasteiger partial charge in [0.15, 0.2) is 0 Å². The monoisotopic (exact) mass is 364 g/mol. The van der Waals surface area contributed by atoms with E-state index in [1.54, 1.807) is 71.5 Å². The van der Waals surface area contributed by atoms with Crippen LogP contribution in [0, 0.1) is 0 Å². The van der Waals surface area contributed by atoms with Crippen LogP contribution in [0.3, 0.4) is 0 Å². The maximum absolute atomic E-state index is 13.2. The van der Waals surface area contributed by atoms with Gasteiger partial charge in [-0.2, -0.15) is 5.10 Å². The van der Waals surface area contributed by atoms with Crippen molar-refractivity contribution >= 4 is 17.1 Å². The number of anilines is 1. The van der Waals surface area contributed by atoms with Gasteiger partial charge >= 0.3 is 0 Å². The highest BCUT2D eigenvalue weighted by Gasteiger charge is 2.16. The maximum Gasteiger partial charge on any atom is 0.274 e. The first-order chi connectivity index (χ1) is 13.1. The highest BCUT2D eigenvalue weighted by Crippen LogP contribution is 2.31. The van der Waals surface area contributed by atoms with E-state index < -0.39 is 6.43 Å². The molecule has 0 bridgehead atoms. The molecule has 27 heavy (non-hydrogen) atoms. The van der Waals surface area contributed by atoms with E-state index in [9.17, 15) is 13.6 Å². The van der Waals surface area contributed by atoms with Crippen molar-refractivity contribution in [3.8, 4) is 11.3 Å². The van der Waals surface area contributed by atoms with E-state index in [-0.39, 0.29) is 11.5 Å². The molecule has 7 heteroatoms. The number of aromatic nitrogens is 3. The number of pyridine rings is 2. The van der Waals surface area contributed by atoms with Gasteiger partial charge in [-0.1, -0.05) is 30.3 Å². The van der Waals surface area contributed by atoms with E-state index in [2.05, 4.69) is 15.4 Å². The van der Waals surface area contributed by atoms with Gasteiger partial charge in [0.2, 0.25) is 0 Å². The zero-order valence-electron chi connectivity index (χ0n) is 14.0. The summed E-state index contributed by atoms with van der Waals surface area (Å²) in [4.78, 5) is 16.2. The predicted molar refractivity (Wildman–Crippen MR) is 97.8 cm³/mol. The lowest BCUT2D eigenvalue weighted by atomic mass is 10.1. The Morgan fingerprint density at radius 2 is 1.85 bits per heavy atom. The van der Waals surface area contributed by atoms with E-state index in [1.807, 2.05) is 0 Å². The van der Waals surface area contributed by atoms with Gasteiger partial charge in [-0.05, 0) is 30.3 Å². The largest absolute Gasteiger partial charge is 0.319 e. The second kappa shape index (κ2) is 6.95. The molecular weight excluding hydrogens is 350 g/mol. The fourth-order valence-corrected chi connectivity index (χ4v) is 2.81. The number of carbonyl (C=O) groups is 1. The van der Waals surface area contributed by atoms with Crippen LogP contribution in [0.25, 0.3) is 16.8 Å². The number of fused-ring (bicyclic) bond motifs is 1. The van der Waals surface area contributed by atoms with Gasteiger partial charge in [0.1, 0.15) is 5.69 Å². The van der Waals surface area contributed by atoms with Crippen molar-refractivity contribution in [2.75, 3.05) is 5.32 Å². The SMILES string of the molecule is O=C(Nc1ccc2cc(-c3ccccc3C(F)F)nn2c1)c1ccccn1. The van der Waals surface area contributed by atoms with Gasteiger partial charge in [0.25, 0.3) is 12.3 Å². The number of benzene rings is 1. The lowest BCUT2D eigenvalue weighted by molar-refractivity contribution is 0.102. The summed E-state index contributed by atoms with van der Waals surface area (Å²) in [5.41, 5.74) is 2.31. The molecule has 0 atom stereocenters. The highest BCUT2D eigenvalue weighted by molar-refractivity contribution is 6.02. The number of halogens is 2. The number of amides is 1. The third-order valence-electron chi connectivity index (χ3n) is 4.09. The Balaban J connectivity index is 1.66. The third kappa shape index (κ3) is 3.39. The standard InChI is InChI=1S/C20H14F2N4O/c21-19(22)16-6-2-1-5-15(16)18-11-14-9-8-13(12-26(14)25-18)24-20(27)17-7-3-4-10-23-17/h1-12,19H,(H,24,27). The van der Waals surface area contributed by atoms with Gasteiger partial charge < -0.3 is 5.32 Å². The molecule has 134 valence electrons. The Kier molecular flexibility index (Phi) is 4.33. The van der Waals surface area contributed by atoms with Crippen molar-refractivity contribution in [2.24, 2.45) is 0 Å². The predicted octanol–water partition coefficient (Wildman–Crippen LogP) is 4.59. The Morgan fingerprint density at radius 3 is 2.63 bits per heavy atom. The first kappa shape index (κ1) is 16.8. The molecule has 0 aliphatic rings. The molecule has 3 heterocycles. The molecule has 0 unspecified atom stereocenters. The highest BCUT2D eigenvalue weighted by atomic mass is 19.3. The number of rotatable bonds is 4. The molecule has 1 amide bonds. The van der Waals surface area contributed by atoms with E-state index in [4.69, 9.17) is 0 Å². The van der Waals surface area contributed by atoms with Gasteiger partial charge in [-0.3, -0.25) is 9.78 Å². The molecule has 5 nitrogen and oxygen atoms in total. The number of hydrogen-bond acceptors (Lipinski definition) is 3. The average Bonchev–Trinajstić information content (AvgIpc) is 3.12. The molecule has 4 aromatic rings. The average molecular weight is 364 g/mol. The smallest absolute Gasteiger partial charge is 0.274 e. The topological polar surface area (TPSA) is 59.3 Å². The van der Waals surface area contributed by atoms with Crippen molar-refractivity contribution in [1.29, 1.82) is 0 Å². The van der Waals surface area contributed by atoms with Crippen molar-refractivity contribution in [3.63, 3.8) is 0 Å². The minimum atomic E-state index is -2.58. The fraction of sp³-hybridized carbons (Fsp3) is 0.0500. The normalized spacial score (nSPS) is 11.1. The zero-order valence-corrected chi connectivity index (χ0v) is 14.0. The first-order valence-corrected chi connectivity index (χ1v) is 8.21. The van der Waals surface area contributed by atoms with Gasteiger partial charge in [-0.15, -0.1) is 0 Å². The minimum absolute atomic E-state index is 0.0652. The summed E-state index contributed by atoms with van der Waals surface area (Å²) >= 11 is 0. The van der Waals surface area contributed by atoms with Crippen LogP contribution in [0.4, 0.5) is 14.5 Å². The minimum Gasteiger partial charge on any atom is -0.319 e. The lowest BCUT2D eigenvalue weighted by Crippen LogP contribution is -2.13. The first-order valence-electron chi connectivity index (χ1n) is 8.21. The second-order valence-electron chi connectivity index (χ2n) is 5.87. The number of hydrogen-bond donors (Lipinski definition) is 1. The Bertz CT molecular complexity index is 1110. The van der Waals surface area contributed by atoms with Crippen LogP contribution in [0.1, 0.15) is 22.5 Å². The third-order valence-corrected chi connectivity index (χ3v) is 4.09. The summed E-state index contributed by atoms with van der Waals surface area (Å²) < 4.78 is 28.0. The van der Waals surface area contributed by atoms with Crippen molar-refractivity contribution < 1.29 is 13.6 Å². The maximum atomic E-state index is 13.2. The summed E-state index contributed by atoms with van der Waals surface area (Å²) in [6.45, 7) is 0. The van der Waals surface area contributed by atoms with Crippen LogP contribution in [-0.2, 0) is 0 Å². The Morgan fingerprint density at radius 1 is 1.04 bits per heavy atom. The Labute approximate surface area is 153 Å². The zero-order chi connectivity index (χ0) is 18.8. The number of alkyl halides is 2. The number of nitrogens with zero attached hydrogens (tertiary/aromatic N) is 3. The van der Waals surface area contributed by atoms with E-state index in [0.29, 0.717) is 22.6 Å².